The first kappa shape index (κ1) is 19.3. The van der Waals surface area contributed by atoms with Gasteiger partial charge in [-0.25, -0.2) is 9.37 Å². The molecule has 0 fully saturated rings. The van der Waals surface area contributed by atoms with E-state index in [4.69, 9.17) is 0 Å². The molecule has 0 unspecified atom stereocenters. The van der Waals surface area contributed by atoms with Crippen LogP contribution in [0.3, 0.4) is 0 Å². The number of halogens is 1. The molecule has 9 heteroatoms. The molecule has 3 aromatic carbocycles. The summed E-state index contributed by atoms with van der Waals surface area (Å²) in [6, 6.07) is 18.6. The van der Waals surface area contributed by atoms with Crippen LogP contribution in [-0.4, -0.2) is 22.0 Å². The Hall–Kier alpha value is -3.98. The van der Waals surface area contributed by atoms with E-state index in [2.05, 4.69) is 10.1 Å². The number of benzene rings is 3. The molecule has 1 amide bonds. The summed E-state index contributed by atoms with van der Waals surface area (Å²) in [4.78, 5) is 28.1. The Bertz CT molecular complexity index is 1270. The zero-order valence-corrected chi connectivity index (χ0v) is 16.1. The molecule has 4 aromatic rings. The number of hydrogen-bond donors (Lipinski definition) is 0. The fourth-order valence-electron chi connectivity index (χ4n) is 2.70. The number of rotatable bonds is 5. The van der Waals surface area contributed by atoms with Crippen molar-refractivity contribution in [1.29, 1.82) is 0 Å². The molecule has 0 bridgehead atoms. The van der Waals surface area contributed by atoms with Crippen LogP contribution in [0.25, 0.3) is 10.2 Å². The molecule has 30 heavy (non-hydrogen) atoms. The summed E-state index contributed by atoms with van der Waals surface area (Å²) in [6.07, 6.45) is 1.49. The molecular formula is C21H13FN4O3S. The molecule has 0 aliphatic rings. The van der Waals surface area contributed by atoms with Gasteiger partial charge in [-0.15, -0.1) is 0 Å². The molecule has 1 heterocycles. The van der Waals surface area contributed by atoms with Crippen LogP contribution in [0.4, 0.5) is 15.2 Å². The van der Waals surface area contributed by atoms with Gasteiger partial charge in [0.15, 0.2) is 0 Å². The second-order valence-electron chi connectivity index (χ2n) is 6.19. The highest BCUT2D eigenvalue weighted by molar-refractivity contribution is 7.22. The second kappa shape index (κ2) is 8.18. The van der Waals surface area contributed by atoms with Crippen molar-refractivity contribution in [1.82, 2.24) is 4.98 Å². The lowest BCUT2D eigenvalue weighted by Gasteiger charge is -2.13. The summed E-state index contributed by atoms with van der Waals surface area (Å²) < 4.78 is 14.1. The number of hydrogen-bond acceptors (Lipinski definition) is 6. The molecule has 0 aliphatic heterocycles. The van der Waals surface area contributed by atoms with Gasteiger partial charge in [-0.2, -0.15) is 10.1 Å². The normalized spacial score (nSPS) is 11.1. The van der Waals surface area contributed by atoms with E-state index in [0.717, 1.165) is 21.9 Å². The van der Waals surface area contributed by atoms with Crippen molar-refractivity contribution in [3.8, 4) is 0 Å². The Kier molecular flexibility index (Phi) is 5.27. The Morgan fingerprint density at radius 1 is 1.10 bits per heavy atom. The van der Waals surface area contributed by atoms with Gasteiger partial charge in [-0.1, -0.05) is 47.7 Å². The Labute approximate surface area is 173 Å². The van der Waals surface area contributed by atoms with Crippen molar-refractivity contribution in [2.45, 2.75) is 0 Å². The maximum absolute atomic E-state index is 13.6. The summed E-state index contributed by atoms with van der Waals surface area (Å²) >= 11 is 1.09. The molecule has 148 valence electrons. The highest BCUT2D eigenvalue weighted by atomic mass is 32.1. The van der Waals surface area contributed by atoms with Crippen LogP contribution in [-0.2, 0) is 0 Å². The Balaban J connectivity index is 1.78. The molecule has 0 aliphatic carbocycles. The molecule has 0 N–H and O–H groups in total. The minimum absolute atomic E-state index is 0.0832. The molecular weight excluding hydrogens is 407 g/mol. The van der Waals surface area contributed by atoms with Gasteiger partial charge in [0.25, 0.3) is 11.6 Å². The molecule has 0 spiro atoms. The number of carbonyl (C=O) groups is 1. The lowest BCUT2D eigenvalue weighted by Crippen LogP contribution is -2.25. The molecule has 0 saturated carbocycles. The van der Waals surface area contributed by atoms with Crippen LogP contribution < -0.4 is 5.01 Å². The first-order chi connectivity index (χ1) is 14.5. The Morgan fingerprint density at radius 2 is 1.90 bits per heavy atom. The molecule has 7 nitrogen and oxygen atoms in total. The number of carbonyl (C=O) groups excluding carboxylic acids is 1. The third kappa shape index (κ3) is 4.06. The quantitative estimate of drug-likeness (QED) is 0.257. The predicted molar refractivity (Wildman–Crippen MR) is 114 cm³/mol. The fourth-order valence-corrected chi connectivity index (χ4v) is 3.65. The first-order valence-electron chi connectivity index (χ1n) is 8.75. The topological polar surface area (TPSA) is 88.7 Å². The minimum atomic E-state index is -0.592. The zero-order valence-electron chi connectivity index (χ0n) is 15.3. The number of aromatic nitrogens is 1. The van der Waals surface area contributed by atoms with Gasteiger partial charge in [-0.3, -0.25) is 14.9 Å². The number of nitro groups is 1. The summed E-state index contributed by atoms with van der Waals surface area (Å²) in [5.74, 6) is -1.01. The average molecular weight is 420 g/mol. The summed E-state index contributed by atoms with van der Waals surface area (Å²) in [6.45, 7) is 0. The number of anilines is 1. The van der Waals surface area contributed by atoms with Crippen molar-refractivity contribution < 1.29 is 14.1 Å². The van der Waals surface area contributed by atoms with Crippen molar-refractivity contribution in [2.75, 3.05) is 5.01 Å². The molecule has 0 atom stereocenters. The van der Waals surface area contributed by atoms with Crippen LogP contribution >= 0.6 is 11.3 Å². The number of nitrogens with zero attached hydrogens (tertiary/aromatic N) is 4. The largest absolute Gasteiger partial charge is 0.281 e. The summed E-state index contributed by atoms with van der Waals surface area (Å²) in [5.41, 5.74) is 1.14. The number of fused-ring (bicyclic) bond motifs is 1. The average Bonchev–Trinajstić information content (AvgIpc) is 3.17. The van der Waals surface area contributed by atoms with Gasteiger partial charge in [0.05, 0.1) is 21.4 Å². The van der Waals surface area contributed by atoms with Gasteiger partial charge in [0.1, 0.15) is 5.82 Å². The number of non-ortho nitro benzene ring substituents is 1. The molecule has 4 rings (SSSR count). The van der Waals surface area contributed by atoms with Gasteiger partial charge >= 0.3 is 0 Å². The number of amides is 1. The van der Waals surface area contributed by atoms with Crippen LogP contribution in [0.5, 0.6) is 0 Å². The van der Waals surface area contributed by atoms with E-state index in [-0.39, 0.29) is 16.4 Å². The van der Waals surface area contributed by atoms with Crippen LogP contribution in [0.2, 0.25) is 0 Å². The summed E-state index contributed by atoms with van der Waals surface area (Å²) in [7, 11) is 0. The van der Waals surface area contributed by atoms with Gasteiger partial charge in [0, 0.05) is 17.7 Å². The van der Waals surface area contributed by atoms with E-state index in [1.807, 2.05) is 30.3 Å². The third-order valence-electron chi connectivity index (χ3n) is 4.14. The van der Waals surface area contributed by atoms with E-state index in [1.54, 1.807) is 0 Å². The van der Waals surface area contributed by atoms with Crippen molar-refractivity contribution in [3.63, 3.8) is 0 Å². The molecule has 1 aromatic heterocycles. The SMILES string of the molecule is O=C(c1cccc([N+](=O)[O-])c1)N(/N=C/c1ccccc1)c1nc2ccc(F)cc2s1. The number of hydrazone groups is 1. The van der Waals surface area contributed by atoms with E-state index in [1.165, 1.54) is 48.7 Å². The second-order valence-corrected chi connectivity index (χ2v) is 7.20. The van der Waals surface area contributed by atoms with E-state index in [9.17, 15) is 19.3 Å². The smallest absolute Gasteiger partial charge is 0.267 e. The predicted octanol–water partition coefficient (Wildman–Crippen LogP) is 5.02. The zero-order chi connectivity index (χ0) is 21.1. The third-order valence-corrected chi connectivity index (χ3v) is 5.13. The molecule has 0 radical (unpaired) electrons. The maximum Gasteiger partial charge on any atom is 0.281 e. The van der Waals surface area contributed by atoms with Crippen LogP contribution in [0.15, 0.2) is 77.9 Å². The highest BCUT2D eigenvalue weighted by Gasteiger charge is 2.22. The lowest BCUT2D eigenvalue weighted by molar-refractivity contribution is -0.384. The van der Waals surface area contributed by atoms with Crippen molar-refractivity contribution in [3.05, 3.63) is 99.9 Å². The first-order valence-corrected chi connectivity index (χ1v) is 9.57. The van der Waals surface area contributed by atoms with Gasteiger partial charge < -0.3 is 0 Å². The van der Waals surface area contributed by atoms with Gasteiger partial charge in [0.2, 0.25) is 5.13 Å². The number of thiazole rings is 1. The van der Waals surface area contributed by atoms with E-state index in [0.29, 0.717) is 10.2 Å². The van der Waals surface area contributed by atoms with Crippen LogP contribution in [0, 0.1) is 15.9 Å². The standard InChI is InChI=1S/C21H13FN4O3S/c22-16-9-10-18-19(12-16)30-21(24-18)25(23-13-14-5-2-1-3-6-14)20(27)15-7-4-8-17(11-15)26(28)29/h1-13H/b23-13+. The Morgan fingerprint density at radius 3 is 2.67 bits per heavy atom. The number of nitro benzene ring substituents is 1. The highest BCUT2D eigenvalue weighted by Crippen LogP contribution is 2.31. The van der Waals surface area contributed by atoms with Crippen LogP contribution in [0.1, 0.15) is 15.9 Å². The van der Waals surface area contributed by atoms with E-state index >= 15 is 0 Å². The van der Waals surface area contributed by atoms with E-state index < -0.39 is 16.6 Å². The summed E-state index contributed by atoms with van der Waals surface area (Å²) in [5, 5.41) is 16.6. The minimum Gasteiger partial charge on any atom is -0.267 e. The van der Waals surface area contributed by atoms with Crippen molar-refractivity contribution in [2.24, 2.45) is 5.10 Å². The monoisotopic (exact) mass is 420 g/mol. The molecule has 0 saturated heterocycles. The maximum atomic E-state index is 13.6. The van der Waals surface area contributed by atoms with Crippen molar-refractivity contribution >= 4 is 44.5 Å². The fraction of sp³-hybridized carbons (Fsp3) is 0. The lowest BCUT2D eigenvalue weighted by atomic mass is 10.2. The van der Waals surface area contributed by atoms with Gasteiger partial charge in [-0.05, 0) is 29.8 Å².